The number of hydrogen-bond donors (Lipinski definition) is 1. The van der Waals surface area contributed by atoms with Crippen LogP contribution in [0.4, 0.5) is 5.69 Å². The Bertz CT molecular complexity index is 507. The number of anilines is 1. The third kappa shape index (κ3) is 3.53. The van der Waals surface area contributed by atoms with E-state index < -0.39 is 0 Å². The van der Waals surface area contributed by atoms with Crippen LogP contribution in [0.1, 0.15) is 32.3 Å². The van der Waals surface area contributed by atoms with E-state index in [0.717, 1.165) is 23.5 Å². The average molecular weight is 259 g/mol. The first-order valence-electron chi connectivity index (χ1n) is 6.78. The molecule has 0 saturated heterocycles. The summed E-state index contributed by atoms with van der Waals surface area (Å²) in [7, 11) is 0. The van der Waals surface area contributed by atoms with Crippen LogP contribution in [-0.2, 0) is 0 Å². The normalized spacial score (nSPS) is 12.4. The van der Waals surface area contributed by atoms with Crippen LogP contribution < -0.4 is 5.32 Å². The average Bonchev–Trinajstić information content (AvgIpc) is 2.90. The Hall–Kier alpha value is -1.91. The molecule has 2 rings (SSSR count). The number of rotatable bonds is 6. The predicted octanol–water partition coefficient (Wildman–Crippen LogP) is 2.82. The van der Waals surface area contributed by atoms with Gasteiger partial charge in [0.2, 0.25) is 0 Å². The van der Waals surface area contributed by atoms with Crippen LogP contribution in [-0.4, -0.2) is 26.8 Å². The largest absolute Gasteiger partial charge is 0.385 e. The summed E-state index contributed by atoms with van der Waals surface area (Å²) >= 11 is 0. The van der Waals surface area contributed by atoms with Crippen molar-refractivity contribution in [2.75, 3.05) is 11.9 Å². The molecule has 19 heavy (non-hydrogen) atoms. The maximum Gasteiger partial charge on any atom is 0.143 e. The first-order valence-corrected chi connectivity index (χ1v) is 6.78. The van der Waals surface area contributed by atoms with Gasteiger partial charge < -0.3 is 5.32 Å². The van der Waals surface area contributed by atoms with Crippen LogP contribution >= 0.6 is 0 Å². The van der Waals surface area contributed by atoms with E-state index in [2.05, 4.69) is 53.7 Å². The molecule has 0 bridgehead atoms. The number of nitrogens with zero attached hydrogens (tertiary/aromatic N) is 4. The second kappa shape index (κ2) is 6.31. The standard InChI is InChI=1S/C14H21N5/c1-4-5-11(2)9-15-13-6-7-14(12(3)8-13)19-10-16-17-18-19/h6-8,10-11,15H,4-5,9H2,1-3H3. The molecule has 0 fully saturated rings. The third-order valence-electron chi connectivity index (χ3n) is 3.23. The molecule has 5 nitrogen and oxygen atoms in total. The molecule has 1 aromatic heterocycles. The molecule has 0 saturated carbocycles. The molecule has 0 radical (unpaired) electrons. The van der Waals surface area contributed by atoms with Gasteiger partial charge in [0, 0.05) is 12.2 Å². The summed E-state index contributed by atoms with van der Waals surface area (Å²) in [6.07, 6.45) is 4.10. The molecule has 0 aliphatic heterocycles. The second-order valence-corrected chi connectivity index (χ2v) is 5.03. The van der Waals surface area contributed by atoms with Gasteiger partial charge in [-0.05, 0) is 53.5 Å². The fourth-order valence-electron chi connectivity index (χ4n) is 2.18. The van der Waals surface area contributed by atoms with Crippen molar-refractivity contribution in [3.63, 3.8) is 0 Å². The van der Waals surface area contributed by atoms with Crippen molar-refractivity contribution in [3.05, 3.63) is 30.1 Å². The molecular weight excluding hydrogens is 238 g/mol. The van der Waals surface area contributed by atoms with Gasteiger partial charge in [-0.25, -0.2) is 4.68 Å². The van der Waals surface area contributed by atoms with Crippen molar-refractivity contribution < 1.29 is 0 Å². The van der Waals surface area contributed by atoms with E-state index in [4.69, 9.17) is 0 Å². The minimum atomic E-state index is 0.699. The van der Waals surface area contributed by atoms with Gasteiger partial charge in [-0.2, -0.15) is 0 Å². The summed E-state index contributed by atoms with van der Waals surface area (Å²) in [5.41, 5.74) is 3.31. The molecule has 1 heterocycles. The Labute approximate surface area is 114 Å². The summed E-state index contributed by atoms with van der Waals surface area (Å²) in [5, 5.41) is 14.7. The first kappa shape index (κ1) is 13.5. The molecule has 0 aliphatic rings. The Morgan fingerprint density at radius 1 is 1.37 bits per heavy atom. The van der Waals surface area contributed by atoms with E-state index in [1.807, 2.05) is 6.07 Å². The fraction of sp³-hybridized carbons (Fsp3) is 0.500. The zero-order valence-electron chi connectivity index (χ0n) is 11.8. The molecule has 1 N–H and O–H groups in total. The minimum Gasteiger partial charge on any atom is -0.385 e. The molecule has 1 unspecified atom stereocenters. The van der Waals surface area contributed by atoms with E-state index in [1.54, 1.807) is 11.0 Å². The van der Waals surface area contributed by atoms with E-state index in [1.165, 1.54) is 12.8 Å². The number of benzene rings is 1. The van der Waals surface area contributed by atoms with Gasteiger partial charge in [-0.15, -0.1) is 5.10 Å². The molecule has 5 heteroatoms. The van der Waals surface area contributed by atoms with Crippen molar-refractivity contribution in [2.24, 2.45) is 5.92 Å². The van der Waals surface area contributed by atoms with Crippen LogP contribution in [0.3, 0.4) is 0 Å². The Morgan fingerprint density at radius 2 is 2.21 bits per heavy atom. The first-order chi connectivity index (χ1) is 9.20. The highest BCUT2D eigenvalue weighted by atomic mass is 15.5. The zero-order chi connectivity index (χ0) is 13.7. The number of hydrogen-bond acceptors (Lipinski definition) is 4. The van der Waals surface area contributed by atoms with Gasteiger partial charge in [-0.3, -0.25) is 0 Å². The lowest BCUT2D eigenvalue weighted by Gasteiger charge is -2.14. The molecule has 1 atom stereocenters. The highest BCUT2D eigenvalue weighted by Crippen LogP contribution is 2.18. The lowest BCUT2D eigenvalue weighted by atomic mass is 10.1. The molecule has 2 aromatic rings. The van der Waals surface area contributed by atoms with E-state index in [0.29, 0.717) is 5.92 Å². The fourth-order valence-corrected chi connectivity index (χ4v) is 2.18. The van der Waals surface area contributed by atoms with E-state index in [9.17, 15) is 0 Å². The summed E-state index contributed by atoms with van der Waals surface area (Å²) in [6.45, 7) is 7.58. The zero-order valence-corrected chi connectivity index (χ0v) is 11.8. The Balaban J connectivity index is 2.03. The van der Waals surface area contributed by atoms with Crippen LogP contribution in [0, 0.1) is 12.8 Å². The smallest absolute Gasteiger partial charge is 0.143 e. The van der Waals surface area contributed by atoms with Crippen LogP contribution in [0.2, 0.25) is 0 Å². The maximum absolute atomic E-state index is 3.91. The van der Waals surface area contributed by atoms with Crippen LogP contribution in [0.5, 0.6) is 0 Å². The molecule has 0 aliphatic carbocycles. The van der Waals surface area contributed by atoms with Gasteiger partial charge in [0.1, 0.15) is 6.33 Å². The summed E-state index contributed by atoms with van der Waals surface area (Å²) in [5.74, 6) is 0.699. The van der Waals surface area contributed by atoms with Gasteiger partial charge >= 0.3 is 0 Å². The minimum absolute atomic E-state index is 0.699. The lowest BCUT2D eigenvalue weighted by Crippen LogP contribution is -2.11. The number of tetrazole rings is 1. The topological polar surface area (TPSA) is 55.6 Å². The molecule has 0 spiro atoms. The number of nitrogens with one attached hydrogen (secondary N) is 1. The highest BCUT2D eigenvalue weighted by molar-refractivity contribution is 5.53. The van der Waals surface area contributed by atoms with Crippen molar-refractivity contribution in [1.82, 2.24) is 20.2 Å². The highest BCUT2D eigenvalue weighted by Gasteiger charge is 2.05. The van der Waals surface area contributed by atoms with Crippen LogP contribution in [0.15, 0.2) is 24.5 Å². The van der Waals surface area contributed by atoms with Crippen molar-refractivity contribution in [1.29, 1.82) is 0 Å². The lowest BCUT2D eigenvalue weighted by molar-refractivity contribution is 0.551. The Kier molecular flexibility index (Phi) is 4.49. The van der Waals surface area contributed by atoms with E-state index in [-0.39, 0.29) is 0 Å². The molecule has 102 valence electrons. The van der Waals surface area contributed by atoms with Crippen molar-refractivity contribution >= 4 is 5.69 Å². The molecule has 1 aromatic carbocycles. The third-order valence-corrected chi connectivity index (χ3v) is 3.23. The second-order valence-electron chi connectivity index (χ2n) is 5.03. The summed E-state index contributed by atoms with van der Waals surface area (Å²) in [4.78, 5) is 0. The molecule has 0 amide bonds. The van der Waals surface area contributed by atoms with Gasteiger partial charge in [0.25, 0.3) is 0 Å². The monoisotopic (exact) mass is 259 g/mol. The quantitative estimate of drug-likeness (QED) is 0.866. The van der Waals surface area contributed by atoms with E-state index >= 15 is 0 Å². The van der Waals surface area contributed by atoms with Crippen molar-refractivity contribution in [2.45, 2.75) is 33.6 Å². The van der Waals surface area contributed by atoms with Gasteiger partial charge in [0.15, 0.2) is 0 Å². The summed E-state index contributed by atoms with van der Waals surface area (Å²) in [6, 6.07) is 6.25. The SMILES string of the molecule is CCCC(C)CNc1ccc(-n2cnnn2)c(C)c1. The van der Waals surface area contributed by atoms with Gasteiger partial charge in [0.05, 0.1) is 5.69 Å². The van der Waals surface area contributed by atoms with Gasteiger partial charge in [-0.1, -0.05) is 20.3 Å². The molecular formula is C14H21N5. The predicted molar refractivity (Wildman–Crippen MR) is 76.5 cm³/mol. The number of aromatic nitrogens is 4. The van der Waals surface area contributed by atoms with Crippen LogP contribution in [0.25, 0.3) is 5.69 Å². The van der Waals surface area contributed by atoms with Crippen molar-refractivity contribution in [3.8, 4) is 5.69 Å². The number of aryl methyl sites for hydroxylation is 1. The Morgan fingerprint density at radius 3 is 2.84 bits per heavy atom. The maximum atomic E-state index is 3.91. The summed E-state index contributed by atoms with van der Waals surface area (Å²) < 4.78 is 1.68.